The molecule has 20 heavy (non-hydrogen) atoms. The Bertz CT molecular complexity index is 453. The zero-order chi connectivity index (χ0) is 15.7. The molecule has 0 aromatic heterocycles. The van der Waals surface area contributed by atoms with Gasteiger partial charge in [0.05, 0.1) is 6.04 Å². The first-order valence-corrected chi connectivity index (χ1v) is 5.34. The van der Waals surface area contributed by atoms with Crippen molar-refractivity contribution in [1.82, 2.24) is 5.43 Å². The first kappa shape index (κ1) is 16.7. The van der Waals surface area contributed by atoms with Gasteiger partial charge in [0.25, 0.3) is 0 Å². The molecule has 0 amide bonds. The predicted molar refractivity (Wildman–Crippen MR) is 56.8 cm³/mol. The van der Waals surface area contributed by atoms with Gasteiger partial charge in [-0.1, -0.05) is 6.07 Å². The summed E-state index contributed by atoms with van der Waals surface area (Å²) in [4.78, 5) is 0. The second-order valence-corrected chi connectivity index (χ2v) is 4.21. The van der Waals surface area contributed by atoms with Crippen molar-refractivity contribution in [3.05, 3.63) is 35.1 Å². The highest BCUT2D eigenvalue weighted by Crippen LogP contribution is 2.46. The van der Waals surface area contributed by atoms with Crippen molar-refractivity contribution in [3.63, 3.8) is 0 Å². The predicted octanol–water partition coefficient (Wildman–Crippen LogP) is 3.38. The molecule has 1 unspecified atom stereocenters. The Balaban J connectivity index is 3.34. The third-order valence-electron chi connectivity index (χ3n) is 2.79. The molecular weight excluding hydrogens is 293 g/mol. The van der Waals surface area contributed by atoms with Crippen LogP contribution in [0.5, 0.6) is 0 Å². The highest BCUT2D eigenvalue weighted by atomic mass is 19.4. The third-order valence-corrected chi connectivity index (χ3v) is 2.79. The molecule has 1 rings (SSSR count). The fourth-order valence-corrected chi connectivity index (χ4v) is 1.92. The topological polar surface area (TPSA) is 38.0 Å². The largest absolute Gasteiger partial charge is 0.402 e. The molecule has 0 bridgehead atoms. The van der Waals surface area contributed by atoms with E-state index in [-0.39, 0.29) is 11.1 Å². The zero-order valence-corrected chi connectivity index (χ0v) is 10.1. The maximum atomic E-state index is 12.9. The minimum absolute atomic E-state index is 0.0635. The quantitative estimate of drug-likeness (QED) is 0.510. The van der Waals surface area contributed by atoms with Crippen LogP contribution in [-0.4, -0.2) is 12.4 Å². The van der Waals surface area contributed by atoms with Gasteiger partial charge in [-0.05, 0) is 30.2 Å². The van der Waals surface area contributed by atoms with Crippen molar-refractivity contribution in [2.45, 2.75) is 25.3 Å². The molecule has 1 aromatic carbocycles. The van der Waals surface area contributed by atoms with Crippen molar-refractivity contribution >= 4 is 0 Å². The Labute approximate surface area is 109 Å². The summed E-state index contributed by atoms with van der Waals surface area (Å²) in [5.41, 5.74) is 1.10. The maximum absolute atomic E-state index is 12.9. The lowest BCUT2D eigenvalue weighted by molar-refractivity contribution is -0.292. The normalized spacial score (nSPS) is 14.7. The van der Waals surface area contributed by atoms with Crippen molar-refractivity contribution in [2.24, 2.45) is 11.8 Å². The Morgan fingerprint density at radius 2 is 1.55 bits per heavy atom. The summed E-state index contributed by atoms with van der Waals surface area (Å²) in [7, 11) is 0. The molecule has 2 nitrogen and oxygen atoms in total. The van der Waals surface area contributed by atoms with Crippen molar-refractivity contribution < 1.29 is 30.7 Å². The molecular formula is C11H11F7N2. The van der Waals surface area contributed by atoms with Crippen LogP contribution in [0.1, 0.15) is 17.2 Å². The molecule has 1 aromatic rings. The molecule has 0 saturated heterocycles. The number of nitrogens with one attached hydrogen (secondary N) is 1. The van der Waals surface area contributed by atoms with Crippen molar-refractivity contribution in [3.8, 4) is 0 Å². The summed E-state index contributed by atoms with van der Waals surface area (Å²) < 4.78 is 88.8. The molecule has 0 saturated carbocycles. The van der Waals surface area contributed by atoms with Gasteiger partial charge >= 0.3 is 12.4 Å². The van der Waals surface area contributed by atoms with Crippen LogP contribution in [0, 0.1) is 18.7 Å². The van der Waals surface area contributed by atoms with Crippen molar-refractivity contribution in [2.75, 3.05) is 0 Å². The average Bonchev–Trinajstić information content (AvgIpc) is 2.22. The molecule has 3 N–H and O–H groups in total. The minimum Gasteiger partial charge on any atom is -0.271 e. The average molecular weight is 304 g/mol. The zero-order valence-electron chi connectivity index (χ0n) is 10.1. The Kier molecular flexibility index (Phi) is 4.65. The molecule has 0 spiro atoms. The standard InChI is InChI=1S/C11H11F7N2/c1-5-4-6(12)2-3-7(5)8(20-19)9(10(13,14)15)11(16,17)18/h2-4,8-9,20H,19H2,1H3. The second kappa shape index (κ2) is 5.57. The fourth-order valence-electron chi connectivity index (χ4n) is 1.92. The molecule has 0 aliphatic rings. The Morgan fingerprint density at radius 1 is 1.05 bits per heavy atom. The molecule has 1 atom stereocenters. The number of hydrogen-bond acceptors (Lipinski definition) is 2. The number of rotatable bonds is 3. The smallest absolute Gasteiger partial charge is 0.271 e. The van der Waals surface area contributed by atoms with Gasteiger partial charge in [-0.3, -0.25) is 11.3 Å². The minimum atomic E-state index is -5.55. The lowest BCUT2D eigenvalue weighted by Crippen LogP contribution is -2.48. The van der Waals surface area contributed by atoms with E-state index in [1.807, 2.05) is 0 Å². The van der Waals surface area contributed by atoms with E-state index in [1.54, 1.807) is 0 Å². The number of halogens is 7. The molecule has 0 heterocycles. The summed E-state index contributed by atoms with van der Waals surface area (Å²) in [6.45, 7) is 1.20. The van der Waals surface area contributed by atoms with E-state index in [1.165, 1.54) is 12.3 Å². The molecule has 0 aliphatic heterocycles. The number of benzene rings is 1. The summed E-state index contributed by atoms with van der Waals surface area (Å²) in [5.74, 6) is 0.406. The monoisotopic (exact) mass is 304 g/mol. The highest BCUT2D eigenvalue weighted by Gasteiger charge is 2.60. The van der Waals surface area contributed by atoms with E-state index >= 15 is 0 Å². The highest BCUT2D eigenvalue weighted by molar-refractivity contribution is 5.30. The van der Waals surface area contributed by atoms with E-state index in [4.69, 9.17) is 5.84 Å². The van der Waals surface area contributed by atoms with Crippen LogP contribution in [0.3, 0.4) is 0 Å². The molecule has 0 radical (unpaired) electrons. The number of alkyl halides is 6. The number of hydrazine groups is 1. The van der Waals surface area contributed by atoms with Crippen LogP contribution in [0.25, 0.3) is 0 Å². The Hall–Kier alpha value is -1.35. The van der Waals surface area contributed by atoms with Gasteiger partial charge in [-0.2, -0.15) is 26.3 Å². The van der Waals surface area contributed by atoms with E-state index in [0.29, 0.717) is 0 Å². The number of hydrogen-bond donors (Lipinski definition) is 2. The van der Waals surface area contributed by atoms with E-state index in [9.17, 15) is 30.7 Å². The molecule has 0 aliphatic carbocycles. The second-order valence-electron chi connectivity index (χ2n) is 4.21. The SMILES string of the molecule is Cc1cc(F)ccc1C(NN)C(C(F)(F)F)C(F)(F)F. The van der Waals surface area contributed by atoms with Gasteiger partial charge in [-0.15, -0.1) is 0 Å². The first-order chi connectivity index (χ1) is 8.98. The van der Waals surface area contributed by atoms with Crippen LogP contribution in [0.2, 0.25) is 0 Å². The van der Waals surface area contributed by atoms with Crippen molar-refractivity contribution in [1.29, 1.82) is 0 Å². The van der Waals surface area contributed by atoms with Crippen LogP contribution in [0.4, 0.5) is 30.7 Å². The molecule has 0 fully saturated rings. The van der Waals surface area contributed by atoms with Gasteiger partial charge in [0.2, 0.25) is 0 Å². The summed E-state index contributed by atoms with van der Waals surface area (Å²) in [6.07, 6.45) is -11.1. The van der Waals surface area contributed by atoms with Gasteiger partial charge in [0, 0.05) is 0 Å². The van der Waals surface area contributed by atoms with Gasteiger partial charge < -0.3 is 0 Å². The lowest BCUT2D eigenvalue weighted by atomic mass is 9.89. The van der Waals surface area contributed by atoms with Crippen LogP contribution in [-0.2, 0) is 0 Å². The van der Waals surface area contributed by atoms with Gasteiger partial charge in [0.1, 0.15) is 5.82 Å². The van der Waals surface area contributed by atoms with E-state index < -0.39 is 30.1 Å². The molecule has 114 valence electrons. The van der Waals surface area contributed by atoms with Gasteiger partial charge in [-0.25, -0.2) is 4.39 Å². The maximum Gasteiger partial charge on any atom is 0.402 e. The first-order valence-electron chi connectivity index (χ1n) is 5.34. The lowest BCUT2D eigenvalue weighted by Gasteiger charge is -2.31. The summed E-state index contributed by atoms with van der Waals surface area (Å²) in [6, 6.07) is 0.204. The van der Waals surface area contributed by atoms with E-state index in [0.717, 1.165) is 18.2 Å². The third kappa shape index (κ3) is 3.60. The number of aryl methyl sites for hydroxylation is 1. The van der Waals surface area contributed by atoms with Crippen LogP contribution >= 0.6 is 0 Å². The summed E-state index contributed by atoms with van der Waals surface area (Å²) in [5, 5.41) is 0. The van der Waals surface area contributed by atoms with Gasteiger partial charge in [0.15, 0.2) is 5.92 Å². The summed E-state index contributed by atoms with van der Waals surface area (Å²) >= 11 is 0. The Morgan fingerprint density at radius 3 is 1.90 bits per heavy atom. The molecule has 9 heteroatoms. The van der Waals surface area contributed by atoms with Crippen LogP contribution in [0.15, 0.2) is 18.2 Å². The van der Waals surface area contributed by atoms with E-state index in [2.05, 4.69) is 0 Å². The fraction of sp³-hybridized carbons (Fsp3) is 0.455. The van der Waals surface area contributed by atoms with Crippen LogP contribution < -0.4 is 11.3 Å². The number of nitrogens with two attached hydrogens (primary N) is 1.